The van der Waals surface area contributed by atoms with Crippen LogP contribution in [0.4, 0.5) is 0 Å². The van der Waals surface area contributed by atoms with E-state index in [2.05, 4.69) is 15.0 Å². The number of hydrogen-bond donors (Lipinski definition) is 3. The Balaban J connectivity index is 1.49. The zero-order chi connectivity index (χ0) is 20.1. The summed E-state index contributed by atoms with van der Waals surface area (Å²) in [5.74, 6) is -0.0325. The minimum absolute atomic E-state index is 0.156. The molecule has 1 heterocycles. The summed E-state index contributed by atoms with van der Waals surface area (Å²) in [7, 11) is -3.71. The Morgan fingerprint density at radius 2 is 1.79 bits per heavy atom. The van der Waals surface area contributed by atoms with Gasteiger partial charge in [-0.1, -0.05) is 44.2 Å². The molecular weight excluding hydrogens is 374 g/mol. The molecule has 0 radical (unpaired) electrons. The average Bonchev–Trinajstić information content (AvgIpc) is 3.10. The third-order valence-electron chi connectivity index (χ3n) is 4.67. The number of sulfonamides is 1. The summed E-state index contributed by atoms with van der Waals surface area (Å²) in [6, 6.07) is 14.7. The standard InChI is InChI=1S/C21H25N3O3S/c1-15(2)16-7-9-18(10-8-16)28(26,27)24-14-21(25)22-12-11-17-13-23-20-6-4-3-5-19(17)20/h3-10,13,15,23-24H,11-12,14H2,1-2H3,(H,22,25). The number of benzene rings is 2. The van der Waals surface area contributed by atoms with Gasteiger partial charge in [0.15, 0.2) is 0 Å². The summed E-state index contributed by atoms with van der Waals surface area (Å²) >= 11 is 0. The molecule has 0 unspecified atom stereocenters. The lowest BCUT2D eigenvalue weighted by Gasteiger charge is -2.09. The van der Waals surface area contributed by atoms with Crippen molar-refractivity contribution in [2.45, 2.75) is 31.1 Å². The Bertz CT molecular complexity index is 1050. The molecule has 3 aromatic rings. The fourth-order valence-electron chi connectivity index (χ4n) is 3.01. The molecule has 3 rings (SSSR count). The first-order valence-corrected chi connectivity index (χ1v) is 10.8. The fraction of sp³-hybridized carbons (Fsp3) is 0.286. The SMILES string of the molecule is CC(C)c1ccc(S(=O)(=O)NCC(=O)NCCc2c[nH]c3ccccc23)cc1. The van der Waals surface area contributed by atoms with Crippen LogP contribution in [-0.2, 0) is 21.2 Å². The van der Waals surface area contributed by atoms with Crippen LogP contribution >= 0.6 is 0 Å². The van der Waals surface area contributed by atoms with Gasteiger partial charge in [0.1, 0.15) is 0 Å². The molecule has 0 atom stereocenters. The molecule has 28 heavy (non-hydrogen) atoms. The molecule has 0 aliphatic rings. The Hall–Kier alpha value is -2.64. The lowest BCUT2D eigenvalue weighted by molar-refractivity contribution is -0.119. The van der Waals surface area contributed by atoms with Crippen molar-refractivity contribution < 1.29 is 13.2 Å². The van der Waals surface area contributed by atoms with Crippen molar-refractivity contribution in [2.24, 2.45) is 0 Å². The monoisotopic (exact) mass is 399 g/mol. The lowest BCUT2D eigenvalue weighted by atomic mass is 10.0. The van der Waals surface area contributed by atoms with Gasteiger partial charge in [-0.25, -0.2) is 13.1 Å². The van der Waals surface area contributed by atoms with Crippen molar-refractivity contribution in [3.63, 3.8) is 0 Å². The Labute approximate surface area is 165 Å². The molecule has 0 saturated heterocycles. The first kappa shape index (κ1) is 20.1. The van der Waals surface area contributed by atoms with E-state index in [0.717, 1.165) is 22.0 Å². The largest absolute Gasteiger partial charge is 0.361 e. The molecule has 0 fully saturated rings. The van der Waals surface area contributed by atoms with Crippen molar-refractivity contribution in [1.82, 2.24) is 15.0 Å². The van der Waals surface area contributed by atoms with Crippen LogP contribution in [0, 0.1) is 0 Å². The molecule has 1 aromatic heterocycles. The zero-order valence-corrected chi connectivity index (χ0v) is 16.8. The Morgan fingerprint density at radius 1 is 1.07 bits per heavy atom. The molecule has 148 valence electrons. The number of carbonyl (C=O) groups is 1. The second kappa shape index (κ2) is 8.58. The molecule has 7 heteroatoms. The van der Waals surface area contributed by atoms with Crippen LogP contribution in [0.3, 0.4) is 0 Å². The maximum atomic E-state index is 12.3. The van der Waals surface area contributed by atoms with Gasteiger partial charge >= 0.3 is 0 Å². The van der Waals surface area contributed by atoms with Crippen molar-refractivity contribution in [1.29, 1.82) is 0 Å². The summed E-state index contributed by atoms with van der Waals surface area (Å²) < 4.78 is 27.0. The number of carbonyl (C=O) groups excluding carboxylic acids is 1. The van der Waals surface area contributed by atoms with Crippen LogP contribution in [0.2, 0.25) is 0 Å². The van der Waals surface area contributed by atoms with Gasteiger partial charge in [0.25, 0.3) is 0 Å². The number of fused-ring (bicyclic) bond motifs is 1. The zero-order valence-electron chi connectivity index (χ0n) is 16.0. The van der Waals surface area contributed by atoms with Gasteiger partial charge in [0, 0.05) is 23.6 Å². The van der Waals surface area contributed by atoms with Crippen molar-refractivity contribution >= 4 is 26.8 Å². The number of aromatic nitrogens is 1. The Kier molecular flexibility index (Phi) is 6.16. The third kappa shape index (κ3) is 4.79. The quantitative estimate of drug-likeness (QED) is 0.544. The van der Waals surface area contributed by atoms with Gasteiger partial charge in [-0.3, -0.25) is 4.79 Å². The van der Waals surface area contributed by atoms with E-state index >= 15 is 0 Å². The van der Waals surface area contributed by atoms with Crippen LogP contribution in [0.1, 0.15) is 30.9 Å². The van der Waals surface area contributed by atoms with E-state index in [4.69, 9.17) is 0 Å². The smallest absolute Gasteiger partial charge is 0.241 e. The molecule has 6 nitrogen and oxygen atoms in total. The summed E-state index contributed by atoms with van der Waals surface area (Å²) in [6.07, 6.45) is 2.60. The maximum Gasteiger partial charge on any atom is 0.241 e. The van der Waals surface area contributed by atoms with Gasteiger partial charge in [-0.05, 0) is 41.7 Å². The summed E-state index contributed by atoms with van der Waals surface area (Å²) in [5.41, 5.74) is 3.23. The van der Waals surface area contributed by atoms with Crippen LogP contribution in [-0.4, -0.2) is 32.4 Å². The van der Waals surface area contributed by atoms with Gasteiger partial charge in [-0.2, -0.15) is 0 Å². The molecule has 0 aliphatic carbocycles. The van der Waals surface area contributed by atoms with E-state index < -0.39 is 10.0 Å². The van der Waals surface area contributed by atoms with Gasteiger partial charge in [-0.15, -0.1) is 0 Å². The van der Waals surface area contributed by atoms with Crippen molar-refractivity contribution in [3.05, 3.63) is 65.9 Å². The Morgan fingerprint density at radius 3 is 2.50 bits per heavy atom. The number of nitrogens with one attached hydrogen (secondary N) is 3. The first-order chi connectivity index (χ1) is 13.4. The predicted molar refractivity (Wildman–Crippen MR) is 111 cm³/mol. The number of hydrogen-bond acceptors (Lipinski definition) is 3. The summed E-state index contributed by atoms with van der Waals surface area (Å²) in [4.78, 5) is 15.4. The average molecular weight is 400 g/mol. The minimum Gasteiger partial charge on any atom is -0.361 e. The molecule has 1 amide bonds. The van der Waals surface area contributed by atoms with Crippen LogP contribution in [0.25, 0.3) is 10.9 Å². The number of rotatable bonds is 8. The maximum absolute atomic E-state index is 12.3. The van der Waals surface area contributed by atoms with Crippen LogP contribution < -0.4 is 10.0 Å². The van der Waals surface area contributed by atoms with E-state index in [1.807, 2.05) is 44.3 Å². The van der Waals surface area contributed by atoms with Gasteiger partial charge in [0.2, 0.25) is 15.9 Å². The normalized spacial score (nSPS) is 11.8. The number of H-pyrrole nitrogens is 1. The van der Waals surface area contributed by atoms with E-state index in [0.29, 0.717) is 18.9 Å². The molecule has 0 saturated carbocycles. The number of para-hydroxylation sites is 1. The molecular formula is C21H25N3O3S. The lowest BCUT2D eigenvalue weighted by Crippen LogP contribution is -2.37. The highest BCUT2D eigenvalue weighted by molar-refractivity contribution is 7.89. The predicted octanol–water partition coefficient (Wildman–Crippen LogP) is 2.93. The molecule has 0 bridgehead atoms. The number of aromatic amines is 1. The second-order valence-corrected chi connectivity index (χ2v) is 8.77. The van der Waals surface area contributed by atoms with E-state index in [1.165, 1.54) is 0 Å². The fourth-order valence-corrected chi connectivity index (χ4v) is 4.00. The van der Waals surface area contributed by atoms with Crippen molar-refractivity contribution in [2.75, 3.05) is 13.1 Å². The van der Waals surface area contributed by atoms with Gasteiger partial charge < -0.3 is 10.3 Å². The highest BCUT2D eigenvalue weighted by Crippen LogP contribution is 2.18. The van der Waals surface area contributed by atoms with E-state index in [-0.39, 0.29) is 17.3 Å². The first-order valence-electron chi connectivity index (χ1n) is 9.28. The molecule has 2 aromatic carbocycles. The molecule has 3 N–H and O–H groups in total. The summed E-state index contributed by atoms with van der Waals surface area (Å²) in [6.45, 7) is 4.23. The third-order valence-corrected chi connectivity index (χ3v) is 6.09. The highest BCUT2D eigenvalue weighted by atomic mass is 32.2. The van der Waals surface area contributed by atoms with Crippen LogP contribution in [0.15, 0.2) is 59.6 Å². The van der Waals surface area contributed by atoms with E-state index in [9.17, 15) is 13.2 Å². The van der Waals surface area contributed by atoms with Crippen molar-refractivity contribution in [3.8, 4) is 0 Å². The van der Waals surface area contributed by atoms with Gasteiger partial charge in [0.05, 0.1) is 11.4 Å². The molecule has 0 aliphatic heterocycles. The molecule has 0 spiro atoms. The number of amides is 1. The minimum atomic E-state index is -3.71. The topological polar surface area (TPSA) is 91.1 Å². The highest BCUT2D eigenvalue weighted by Gasteiger charge is 2.15. The van der Waals surface area contributed by atoms with E-state index in [1.54, 1.807) is 24.3 Å². The second-order valence-electron chi connectivity index (χ2n) is 7.01. The summed E-state index contributed by atoms with van der Waals surface area (Å²) in [5, 5.41) is 3.88. The van der Waals surface area contributed by atoms with Crippen LogP contribution in [0.5, 0.6) is 0 Å².